The molecule has 114 valence electrons. The van der Waals surface area contributed by atoms with Crippen LogP contribution >= 0.6 is 0 Å². The third kappa shape index (κ3) is 4.35. The maximum Gasteiger partial charge on any atom is 0.352 e. The van der Waals surface area contributed by atoms with Crippen LogP contribution in [0.3, 0.4) is 0 Å². The van der Waals surface area contributed by atoms with E-state index in [2.05, 4.69) is 11.6 Å². The fourth-order valence-corrected chi connectivity index (χ4v) is 3.03. The Balaban J connectivity index is 2.75. The molecule has 20 heavy (non-hydrogen) atoms. The first-order valence-corrected chi connectivity index (χ1v) is 8.33. The molecule has 2 N–H and O–H groups in total. The van der Waals surface area contributed by atoms with Crippen molar-refractivity contribution in [2.75, 3.05) is 6.54 Å². The first-order chi connectivity index (χ1) is 9.42. The third-order valence-electron chi connectivity index (χ3n) is 3.06. The van der Waals surface area contributed by atoms with Crippen molar-refractivity contribution in [3.63, 3.8) is 0 Å². The molecule has 0 spiro atoms. The lowest BCUT2D eigenvalue weighted by atomic mass is 10.2. The SMILES string of the molecule is CCCCCCNS(=O)(=O)c1cc(C(=O)O)n(CC)c1. The average molecular weight is 302 g/mol. The molecule has 0 saturated heterocycles. The monoisotopic (exact) mass is 302 g/mol. The van der Waals surface area contributed by atoms with E-state index in [1.165, 1.54) is 16.8 Å². The molecule has 0 aliphatic rings. The molecule has 0 atom stereocenters. The molecular formula is C13H22N2O4S. The minimum absolute atomic E-state index is 0.00671. The molecule has 0 unspecified atom stereocenters. The Morgan fingerprint density at radius 3 is 2.50 bits per heavy atom. The molecule has 0 amide bonds. The number of rotatable bonds is 9. The molecule has 1 aromatic rings. The van der Waals surface area contributed by atoms with Gasteiger partial charge in [0.1, 0.15) is 10.6 Å². The highest BCUT2D eigenvalue weighted by Crippen LogP contribution is 2.14. The van der Waals surface area contributed by atoms with E-state index in [1.807, 2.05) is 0 Å². The van der Waals surface area contributed by atoms with Crippen molar-refractivity contribution in [3.8, 4) is 0 Å². The van der Waals surface area contributed by atoms with E-state index in [9.17, 15) is 13.2 Å². The van der Waals surface area contributed by atoms with Gasteiger partial charge in [-0.05, 0) is 19.4 Å². The van der Waals surface area contributed by atoms with Gasteiger partial charge in [-0.15, -0.1) is 0 Å². The summed E-state index contributed by atoms with van der Waals surface area (Å²) >= 11 is 0. The van der Waals surface area contributed by atoms with Crippen molar-refractivity contribution in [2.45, 2.75) is 51.0 Å². The quantitative estimate of drug-likeness (QED) is 0.683. The van der Waals surface area contributed by atoms with Gasteiger partial charge in [-0.1, -0.05) is 26.2 Å². The molecule has 0 bridgehead atoms. The van der Waals surface area contributed by atoms with Crippen LogP contribution in [0.15, 0.2) is 17.2 Å². The van der Waals surface area contributed by atoms with Crippen LogP contribution in [0.5, 0.6) is 0 Å². The number of carbonyl (C=O) groups is 1. The van der Waals surface area contributed by atoms with Crippen molar-refractivity contribution in [1.82, 2.24) is 9.29 Å². The topological polar surface area (TPSA) is 88.4 Å². The molecule has 0 saturated carbocycles. The number of hydrogen-bond donors (Lipinski definition) is 2. The third-order valence-corrected chi connectivity index (χ3v) is 4.49. The van der Waals surface area contributed by atoms with Crippen LogP contribution in [-0.4, -0.2) is 30.6 Å². The summed E-state index contributed by atoms with van der Waals surface area (Å²) in [6, 6.07) is 1.19. The molecule has 0 radical (unpaired) electrons. The van der Waals surface area contributed by atoms with E-state index in [0.29, 0.717) is 13.1 Å². The zero-order valence-electron chi connectivity index (χ0n) is 11.9. The van der Waals surface area contributed by atoms with Crippen molar-refractivity contribution in [1.29, 1.82) is 0 Å². The Kier molecular flexibility index (Phi) is 6.22. The summed E-state index contributed by atoms with van der Waals surface area (Å²) in [7, 11) is -3.63. The predicted octanol–water partition coefficient (Wildman–Crippen LogP) is 2.06. The second-order valence-corrected chi connectivity index (χ2v) is 6.38. The maximum absolute atomic E-state index is 12.1. The summed E-state index contributed by atoms with van der Waals surface area (Å²) in [6.07, 6.45) is 5.30. The van der Waals surface area contributed by atoms with Gasteiger partial charge < -0.3 is 9.67 Å². The van der Waals surface area contributed by atoms with Crippen LogP contribution in [0, 0.1) is 0 Å². The van der Waals surface area contributed by atoms with Gasteiger partial charge in [0.25, 0.3) is 0 Å². The molecule has 1 rings (SSSR count). The zero-order chi connectivity index (χ0) is 15.2. The highest BCUT2D eigenvalue weighted by Gasteiger charge is 2.20. The highest BCUT2D eigenvalue weighted by atomic mass is 32.2. The highest BCUT2D eigenvalue weighted by molar-refractivity contribution is 7.89. The number of hydrogen-bond acceptors (Lipinski definition) is 3. The summed E-state index contributed by atoms with van der Waals surface area (Å²) < 4.78 is 28.0. The van der Waals surface area contributed by atoms with Gasteiger partial charge in [0.2, 0.25) is 10.0 Å². The first kappa shape index (κ1) is 16.7. The lowest BCUT2D eigenvalue weighted by molar-refractivity contribution is 0.0685. The fourth-order valence-electron chi connectivity index (χ4n) is 1.91. The van der Waals surface area contributed by atoms with E-state index in [4.69, 9.17) is 5.11 Å². The number of sulfonamides is 1. The minimum atomic E-state index is -3.63. The molecule has 0 aromatic carbocycles. The summed E-state index contributed by atoms with van der Waals surface area (Å²) in [6.45, 7) is 4.64. The predicted molar refractivity (Wildman–Crippen MR) is 76.4 cm³/mol. The number of aromatic carboxylic acids is 1. The fraction of sp³-hybridized carbons (Fsp3) is 0.615. The number of carboxylic acids is 1. The van der Waals surface area contributed by atoms with E-state index < -0.39 is 16.0 Å². The van der Waals surface area contributed by atoms with Crippen LogP contribution < -0.4 is 4.72 Å². The Bertz CT molecular complexity index is 549. The Labute approximate surface area is 119 Å². The van der Waals surface area contributed by atoms with Crippen LogP contribution in [0.2, 0.25) is 0 Å². The molecule has 0 aliphatic heterocycles. The molecule has 1 heterocycles. The van der Waals surface area contributed by atoms with Crippen molar-refractivity contribution in [3.05, 3.63) is 18.0 Å². The van der Waals surface area contributed by atoms with E-state index in [0.717, 1.165) is 25.7 Å². The van der Waals surface area contributed by atoms with E-state index in [1.54, 1.807) is 6.92 Å². The molecule has 0 aliphatic carbocycles. The van der Waals surface area contributed by atoms with Gasteiger partial charge in [-0.3, -0.25) is 0 Å². The van der Waals surface area contributed by atoms with E-state index >= 15 is 0 Å². The van der Waals surface area contributed by atoms with Crippen LogP contribution in [-0.2, 0) is 16.6 Å². The number of nitrogens with one attached hydrogen (secondary N) is 1. The normalized spacial score (nSPS) is 11.7. The van der Waals surface area contributed by atoms with Crippen LogP contribution in [0.4, 0.5) is 0 Å². The number of nitrogens with zero attached hydrogens (tertiary/aromatic N) is 1. The number of unbranched alkanes of at least 4 members (excludes halogenated alkanes) is 3. The largest absolute Gasteiger partial charge is 0.477 e. The number of aryl methyl sites for hydroxylation is 1. The molecule has 6 nitrogen and oxygen atoms in total. The van der Waals surface area contributed by atoms with Gasteiger partial charge in [0.15, 0.2) is 0 Å². The van der Waals surface area contributed by atoms with Gasteiger partial charge in [-0.2, -0.15) is 0 Å². The standard InChI is InChI=1S/C13H22N2O4S/c1-3-5-6-7-8-14-20(18,19)11-9-12(13(16)17)15(4-2)10-11/h9-10,14H,3-8H2,1-2H3,(H,16,17). The second-order valence-electron chi connectivity index (χ2n) is 4.61. The van der Waals surface area contributed by atoms with Crippen LogP contribution in [0.1, 0.15) is 50.0 Å². The number of carboxylic acid groups (broad SMARTS) is 1. The lowest BCUT2D eigenvalue weighted by Crippen LogP contribution is -2.24. The summed E-state index contributed by atoms with van der Waals surface area (Å²) in [5, 5.41) is 9.01. The second kappa shape index (κ2) is 7.44. The van der Waals surface area contributed by atoms with Gasteiger partial charge in [0.05, 0.1) is 0 Å². The van der Waals surface area contributed by atoms with E-state index in [-0.39, 0.29) is 10.6 Å². The smallest absolute Gasteiger partial charge is 0.352 e. The van der Waals surface area contributed by atoms with Gasteiger partial charge >= 0.3 is 5.97 Å². The lowest BCUT2D eigenvalue weighted by Gasteiger charge is -2.04. The maximum atomic E-state index is 12.1. The molecule has 1 aromatic heterocycles. The number of aromatic nitrogens is 1. The van der Waals surface area contributed by atoms with Crippen LogP contribution in [0.25, 0.3) is 0 Å². The average Bonchev–Trinajstić information content (AvgIpc) is 2.83. The molecular weight excluding hydrogens is 280 g/mol. The minimum Gasteiger partial charge on any atom is -0.477 e. The summed E-state index contributed by atoms with van der Waals surface area (Å²) in [5.74, 6) is -1.13. The summed E-state index contributed by atoms with van der Waals surface area (Å²) in [5.41, 5.74) is -0.0149. The summed E-state index contributed by atoms with van der Waals surface area (Å²) in [4.78, 5) is 11.0. The van der Waals surface area contributed by atoms with Crippen molar-refractivity contribution in [2.24, 2.45) is 0 Å². The van der Waals surface area contributed by atoms with Crippen molar-refractivity contribution >= 4 is 16.0 Å². The Morgan fingerprint density at radius 1 is 1.30 bits per heavy atom. The molecule has 0 fully saturated rings. The Morgan fingerprint density at radius 2 is 2.00 bits per heavy atom. The first-order valence-electron chi connectivity index (χ1n) is 6.85. The van der Waals surface area contributed by atoms with Gasteiger partial charge in [0, 0.05) is 19.3 Å². The molecule has 7 heteroatoms. The zero-order valence-corrected chi connectivity index (χ0v) is 12.7. The van der Waals surface area contributed by atoms with Crippen molar-refractivity contribution < 1.29 is 18.3 Å². The van der Waals surface area contributed by atoms with Gasteiger partial charge in [-0.25, -0.2) is 17.9 Å². The Hall–Kier alpha value is -1.34.